The van der Waals surface area contributed by atoms with Gasteiger partial charge in [0.25, 0.3) is 0 Å². The predicted molar refractivity (Wildman–Crippen MR) is 53.6 cm³/mol. The molecule has 1 aliphatic carbocycles. The van der Waals surface area contributed by atoms with Crippen molar-refractivity contribution in [3.63, 3.8) is 0 Å². The lowest BCUT2D eigenvalue weighted by Gasteiger charge is -2.26. The van der Waals surface area contributed by atoms with E-state index in [1.807, 2.05) is 0 Å². The van der Waals surface area contributed by atoms with E-state index in [0.717, 1.165) is 25.7 Å². The second-order valence-electron chi connectivity index (χ2n) is 3.54. The molecule has 14 heavy (non-hydrogen) atoms. The van der Waals surface area contributed by atoms with Crippen molar-refractivity contribution >= 4 is 11.9 Å². The fourth-order valence-electron chi connectivity index (χ4n) is 1.88. The van der Waals surface area contributed by atoms with E-state index in [0.29, 0.717) is 0 Å². The largest absolute Gasteiger partial charge is 0.469 e. The van der Waals surface area contributed by atoms with Crippen LogP contribution in [-0.4, -0.2) is 25.1 Å². The summed E-state index contributed by atoms with van der Waals surface area (Å²) in [6.45, 7) is 0. The first-order valence-electron chi connectivity index (χ1n) is 4.81. The van der Waals surface area contributed by atoms with Crippen LogP contribution in [0, 0.1) is 5.92 Å². The van der Waals surface area contributed by atoms with Gasteiger partial charge in [0, 0.05) is 0 Å². The zero-order chi connectivity index (χ0) is 10.6. The van der Waals surface area contributed by atoms with Crippen molar-refractivity contribution in [3.05, 3.63) is 0 Å². The molecule has 0 heterocycles. The molecule has 1 saturated carbocycles. The van der Waals surface area contributed by atoms with E-state index in [4.69, 9.17) is 16.2 Å². The minimum Gasteiger partial charge on any atom is -0.469 e. The lowest BCUT2D eigenvalue weighted by molar-refractivity contribution is -0.147. The predicted octanol–water partition coefficient (Wildman–Crippen LogP) is -0.00840. The molecule has 5 heteroatoms. The number of carbonyl (C=O) groups excluding carboxylic acids is 1. The smallest absolute Gasteiger partial charge is 0.310 e. The van der Waals surface area contributed by atoms with Crippen LogP contribution in [0.25, 0.3) is 0 Å². The molecule has 0 bridgehead atoms. The van der Waals surface area contributed by atoms with Gasteiger partial charge < -0.3 is 16.2 Å². The number of nitrogens with zero attached hydrogens (tertiary/aromatic N) is 1. The minimum absolute atomic E-state index is 0.0470. The monoisotopic (exact) mass is 199 g/mol. The first kappa shape index (κ1) is 10.8. The standard InChI is InChI=1S/C9H17N3O2/c1-14-8(13)6-4-2-3-5-7(6)12-9(10)11/h6-7H,2-5H2,1H3,(H4,10,11,12). The fraction of sp³-hybridized carbons (Fsp3) is 0.778. The van der Waals surface area contributed by atoms with Crippen LogP contribution in [0.5, 0.6) is 0 Å². The van der Waals surface area contributed by atoms with Gasteiger partial charge in [-0.3, -0.25) is 4.79 Å². The number of hydrogen-bond acceptors (Lipinski definition) is 3. The molecule has 0 radical (unpaired) electrons. The lowest BCUT2D eigenvalue weighted by atomic mass is 9.85. The van der Waals surface area contributed by atoms with Gasteiger partial charge >= 0.3 is 5.97 Å². The molecule has 0 aromatic rings. The number of ether oxygens (including phenoxy) is 1. The van der Waals surface area contributed by atoms with Gasteiger partial charge in [-0.1, -0.05) is 12.8 Å². The Kier molecular flexibility index (Phi) is 3.73. The molecule has 1 rings (SSSR count). The first-order valence-corrected chi connectivity index (χ1v) is 4.81. The molecular formula is C9H17N3O2. The van der Waals surface area contributed by atoms with E-state index >= 15 is 0 Å². The third-order valence-corrected chi connectivity index (χ3v) is 2.55. The van der Waals surface area contributed by atoms with Gasteiger partial charge in [-0.05, 0) is 12.8 Å². The van der Waals surface area contributed by atoms with Gasteiger partial charge in [-0.25, -0.2) is 4.99 Å². The number of rotatable bonds is 2. The van der Waals surface area contributed by atoms with Crippen LogP contribution in [0.1, 0.15) is 25.7 Å². The number of methoxy groups -OCH3 is 1. The molecule has 2 unspecified atom stereocenters. The van der Waals surface area contributed by atoms with Crippen LogP contribution in [-0.2, 0) is 9.53 Å². The van der Waals surface area contributed by atoms with Crippen LogP contribution in [0.15, 0.2) is 4.99 Å². The summed E-state index contributed by atoms with van der Waals surface area (Å²) in [5.41, 5.74) is 10.6. The van der Waals surface area contributed by atoms with E-state index in [2.05, 4.69) is 4.99 Å². The van der Waals surface area contributed by atoms with E-state index in [1.165, 1.54) is 7.11 Å². The molecule has 0 aliphatic heterocycles. The Morgan fingerprint density at radius 2 is 2.00 bits per heavy atom. The Balaban J connectivity index is 2.68. The van der Waals surface area contributed by atoms with Crippen molar-refractivity contribution in [1.82, 2.24) is 0 Å². The molecule has 5 nitrogen and oxygen atoms in total. The Hall–Kier alpha value is -1.26. The van der Waals surface area contributed by atoms with Crippen molar-refractivity contribution in [2.45, 2.75) is 31.7 Å². The maximum absolute atomic E-state index is 11.4. The average Bonchev–Trinajstić information content (AvgIpc) is 2.16. The van der Waals surface area contributed by atoms with Crippen LogP contribution in [0.3, 0.4) is 0 Å². The summed E-state index contributed by atoms with van der Waals surface area (Å²) in [6.07, 6.45) is 3.77. The van der Waals surface area contributed by atoms with Crippen molar-refractivity contribution < 1.29 is 9.53 Å². The Bertz CT molecular complexity index is 236. The summed E-state index contributed by atoms with van der Waals surface area (Å²) in [6, 6.07) is -0.0961. The van der Waals surface area contributed by atoms with Crippen LogP contribution >= 0.6 is 0 Å². The highest BCUT2D eigenvalue weighted by molar-refractivity contribution is 5.77. The lowest BCUT2D eigenvalue weighted by Crippen LogP contribution is -2.34. The number of esters is 1. The fourth-order valence-corrected chi connectivity index (χ4v) is 1.88. The summed E-state index contributed by atoms with van der Waals surface area (Å²) in [4.78, 5) is 15.4. The molecule has 2 atom stereocenters. The Morgan fingerprint density at radius 1 is 1.36 bits per heavy atom. The van der Waals surface area contributed by atoms with E-state index in [-0.39, 0.29) is 23.9 Å². The third kappa shape index (κ3) is 2.61. The number of aliphatic imine (C=N–C) groups is 1. The molecule has 0 amide bonds. The maximum atomic E-state index is 11.4. The molecule has 0 aromatic carbocycles. The van der Waals surface area contributed by atoms with Crippen molar-refractivity contribution in [2.24, 2.45) is 22.4 Å². The molecule has 1 aliphatic rings. The summed E-state index contributed by atoms with van der Waals surface area (Å²) in [5, 5.41) is 0. The van der Waals surface area contributed by atoms with Gasteiger partial charge in [0.1, 0.15) is 0 Å². The average molecular weight is 199 g/mol. The highest BCUT2D eigenvalue weighted by atomic mass is 16.5. The number of hydrogen-bond donors (Lipinski definition) is 2. The minimum atomic E-state index is -0.209. The van der Waals surface area contributed by atoms with Crippen LogP contribution in [0.4, 0.5) is 0 Å². The zero-order valence-electron chi connectivity index (χ0n) is 8.40. The first-order chi connectivity index (χ1) is 6.65. The van der Waals surface area contributed by atoms with E-state index in [9.17, 15) is 4.79 Å². The number of carbonyl (C=O) groups is 1. The molecule has 0 spiro atoms. The van der Waals surface area contributed by atoms with E-state index in [1.54, 1.807) is 0 Å². The van der Waals surface area contributed by atoms with Gasteiger partial charge in [-0.15, -0.1) is 0 Å². The molecule has 0 saturated heterocycles. The maximum Gasteiger partial charge on any atom is 0.310 e. The van der Waals surface area contributed by atoms with E-state index < -0.39 is 0 Å². The molecule has 4 N–H and O–H groups in total. The topological polar surface area (TPSA) is 90.7 Å². The van der Waals surface area contributed by atoms with Crippen LogP contribution in [0.2, 0.25) is 0 Å². The summed E-state index contributed by atoms with van der Waals surface area (Å²) < 4.78 is 4.71. The Labute approximate surface area is 83.5 Å². The van der Waals surface area contributed by atoms with Gasteiger partial charge in [0.15, 0.2) is 5.96 Å². The molecular weight excluding hydrogens is 182 g/mol. The van der Waals surface area contributed by atoms with Gasteiger partial charge in [-0.2, -0.15) is 0 Å². The molecule has 1 fully saturated rings. The van der Waals surface area contributed by atoms with Crippen molar-refractivity contribution in [1.29, 1.82) is 0 Å². The number of nitrogens with two attached hydrogens (primary N) is 2. The highest BCUT2D eigenvalue weighted by Crippen LogP contribution is 2.27. The summed E-state index contributed by atoms with van der Waals surface area (Å²) in [5.74, 6) is -0.332. The SMILES string of the molecule is COC(=O)C1CCCCC1N=C(N)N. The molecule has 0 aromatic heterocycles. The highest BCUT2D eigenvalue weighted by Gasteiger charge is 2.31. The van der Waals surface area contributed by atoms with Crippen molar-refractivity contribution in [2.75, 3.05) is 7.11 Å². The second-order valence-corrected chi connectivity index (χ2v) is 3.54. The Morgan fingerprint density at radius 3 is 2.57 bits per heavy atom. The molecule has 80 valence electrons. The quantitative estimate of drug-likeness (QED) is 0.372. The third-order valence-electron chi connectivity index (χ3n) is 2.55. The van der Waals surface area contributed by atoms with Gasteiger partial charge in [0.2, 0.25) is 0 Å². The van der Waals surface area contributed by atoms with Gasteiger partial charge in [0.05, 0.1) is 19.1 Å². The normalized spacial score (nSPS) is 26.6. The van der Waals surface area contributed by atoms with Crippen molar-refractivity contribution in [3.8, 4) is 0 Å². The van der Waals surface area contributed by atoms with Crippen LogP contribution < -0.4 is 11.5 Å². The number of guanidine groups is 1. The summed E-state index contributed by atoms with van der Waals surface area (Å²) in [7, 11) is 1.39. The zero-order valence-corrected chi connectivity index (χ0v) is 8.40. The second kappa shape index (κ2) is 4.83. The summed E-state index contributed by atoms with van der Waals surface area (Å²) >= 11 is 0.